The molecule has 1 aliphatic rings. The Labute approximate surface area is 119 Å². The standard InChI is InChI=1S/C17H18O3/c1-13(8-7-11-14-9-5-4-6-10-14)15-12-16(18)20-17(2,3)19-15/h4-12H,1-3H3. The summed E-state index contributed by atoms with van der Waals surface area (Å²) in [6.07, 6.45) is 7.21. The molecular formula is C17H18O3. The summed E-state index contributed by atoms with van der Waals surface area (Å²) in [4.78, 5) is 11.5. The molecule has 2 rings (SSSR count). The summed E-state index contributed by atoms with van der Waals surface area (Å²) >= 11 is 0. The van der Waals surface area contributed by atoms with Crippen molar-refractivity contribution in [3.63, 3.8) is 0 Å². The van der Waals surface area contributed by atoms with Gasteiger partial charge in [-0.05, 0) is 18.1 Å². The molecular weight excluding hydrogens is 252 g/mol. The van der Waals surface area contributed by atoms with Crippen LogP contribution in [0.1, 0.15) is 26.3 Å². The highest BCUT2D eigenvalue weighted by molar-refractivity contribution is 5.84. The van der Waals surface area contributed by atoms with Gasteiger partial charge in [-0.1, -0.05) is 48.6 Å². The van der Waals surface area contributed by atoms with E-state index in [1.807, 2.05) is 55.5 Å². The lowest BCUT2D eigenvalue weighted by molar-refractivity contribution is -0.203. The molecule has 3 nitrogen and oxygen atoms in total. The third kappa shape index (κ3) is 3.85. The Balaban J connectivity index is 2.11. The summed E-state index contributed by atoms with van der Waals surface area (Å²) in [6, 6.07) is 10.0. The van der Waals surface area contributed by atoms with Crippen molar-refractivity contribution in [3.8, 4) is 0 Å². The Bertz CT molecular complexity index is 578. The Morgan fingerprint density at radius 3 is 2.50 bits per heavy atom. The first-order chi connectivity index (χ1) is 9.46. The Morgan fingerprint density at radius 1 is 1.15 bits per heavy atom. The van der Waals surface area contributed by atoms with Gasteiger partial charge in [0.2, 0.25) is 5.79 Å². The van der Waals surface area contributed by atoms with Crippen LogP contribution in [-0.4, -0.2) is 11.8 Å². The molecule has 0 unspecified atom stereocenters. The summed E-state index contributed by atoms with van der Waals surface area (Å²) in [5.74, 6) is -0.751. The molecule has 1 aromatic carbocycles. The number of hydrogen-bond acceptors (Lipinski definition) is 3. The first-order valence-electron chi connectivity index (χ1n) is 6.50. The topological polar surface area (TPSA) is 35.5 Å². The van der Waals surface area contributed by atoms with Gasteiger partial charge in [0.15, 0.2) is 0 Å². The summed E-state index contributed by atoms with van der Waals surface area (Å²) < 4.78 is 10.7. The first-order valence-corrected chi connectivity index (χ1v) is 6.50. The Morgan fingerprint density at radius 2 is 1.85 bits per heavy atom. The van der Waals surface area contributed by atoms with Crippen molar-refractivity contribution in [3.05, 3.63) is 65.5 Å². The molecule has 1 aliphatic heterocycles. The normalized spacial score (nSPS) is 18.4. The van der Waals surface area contributed by atoms with E-state index in [1.165, 1.54) is 6.08 Å². The molecule has 0 spiro atoms. The van der Waals surface area contributed by atoms with Crippen molar-refractivity contribution in [2.45, 2.75) is 26.6 Å². The van der Waals surface area contributed by atoms with Gasteiger partial charge in [-0.25, -0.2) is 4.79 Å². The van der Waals surface area contributed by atoms with Crippen molar-refractivity contribution >= 4 is 12.0 Å². The third-order valence-corrected chi connectivity index (χ3v) is 2.77. The van der Waals surface area contributed by atoms with Crippen LogP contribution in [0.2, 0.25) is 0 Å². The fourth-order valence-corrected chi connectivity index (χ4v) is 1.84. The summed E-state index contributed by atoms with van der Waals surface area (Å²) in [5.41, 5.74) is 2.00. The van der Waals surface area contributed by atoms with Crippen molar-refractivity contribution in [2.75, 3.05) is 0 Å². The van der Waals surface area contributed by atoms with Crippen molar-refractivity contribution in [1.29, 1.82) is 0 Å². The maximum Gasteiger partial charge on any atom is 0.337 e. The maximum absolute atomic E-state index is 11.5. The largest absolute Gasteiger partial charge is 0.452 e. The van der Waals surface area contributed by atoms with Gasteiger partial charge in [-0.2, -0.15) is 0 Å². The van der Waals surface area contributed by atoms with Crippen LogP contribution in [0.5, 0.6) is 0 Å². The summed E-state index contributed by atoms with van der Waals surface area (Å²) in [5, 5.41) is 0. The predicted molar refractivity (Wildman–Crippen MR) is 78.6 cm³/mol. The van der Waals surface area contributed by atoms with E-state index in [1.54, 1.807) is 13.8 Å². The van der Waals surface area contributed by atoms with Crippen molar-refractivity contribution < 1.29 is 14.3 Å². The van der Waals surface area contributed by atoms with E-state index in [4.69, 9.17) is 9.47 Å². The number of hydrogen-bond donors (Lipinski definition) is 0. The van der Waals surface area contributed by atoms with Gasteiger partial charge in [-0.3, -0.25) is 0 Å². The molecule has 0 aromatic heterocycles. The zero-order chi connectivity index (χ0) is 14.6. The van der Waals surface area contributed by atoms with Crippen LogP contribution < -0.4 is 0 Å². The van der Waals surface area contributed by atoms with Crippen LogP contribution in [0.4, 0.5) is 0 Å². The van der Waals surface area contributed by atoms with Gasteiger partial charge in [0.25, 0.3) is 0 Å². The van der Waals surface area contributed by atoms with Gasteiger partial charge in [0, 0.05) is 13.8 Å². The molecule has 20 heavy (non-hydrogen) atoms. The molecule has 1 aromatic rings. The highest BCUT2D eigenvalue weighted by Crippen LogP contribution is 2.26. The van der Waals surface area contributed by atoms with E-state index in [2.05, 4.69) is 0 Å². The van der Waals surface area contributed by atoms with E-state index >= 15 is 0 Å². The number of allylic oxidation sites excluding steroid dienone is 3. The zero-order valence-corrected chi connectivity index (χ0v) is 11.9. The Hall–Kier alpha value is -2.29. The van der Waals surface area contributed by atoms with E-state index in [9.17, 15) is 4.79 Å². The SMILES string of the molecule is CC(=CC=Cc1ccccc1)C1=CC(=O)OC(C)(C)O1. The molecule has 1 heterocycles. The highest BCUT2D eigenvalue weighted by Gasteiger charge is 2.30. The molecule has 3 heteroatoms. The fraction of sp³-hybridized carbons (Fsp3) is 0.235. The number of ether oxygens (including phenoxy) is 2. The summed E-state index contributed by atoms with van der Waals surface area (Å²) in [6.45, 7) is 5.33. The average Bonchev–Trinajstić information content (AvgIpc) is 2.37. The lowest BCUT2D eigenvalue weighted by atomic mass is 10.1. The minimum Gasteiger partial charge on any atom is -0.452 e. The molecule has 0 saturated carbocycles. The van der Waals surface area contributed by atoms with Crippen LogP contribution in [0.15, 0.2) is 59.9 Å². The first kappa shape index (κ1) is 14.1. The van der Waals surface area contributed by atoms with Gasteiger partial charge >= 0.3 is 5.97 Å². The quantitative estimate of drug-likeness (QED) is 0.618. The van der Waals surface area contributed by atoms with E-state index in [0.29, 0.717) is 5.76 Å². The minimum absolute atomic E-state index is 0.379. The molecule has 0 radical (unpaired) electrons. The van der Waals surface area contributed by atoms with Gasteiger partial charge in [-0.15, -0.1) is 0 Å². The smallest absolute Gasteiger partial charge is 0.337 e. The second-order valence-corrected chi connectivity index (χ2v) is 5.05. The lowest BCUT2D eigenvalue weighted by Gasteiger charge is -2.30. The second kappa shape index (κ2) is 5.78. The number of esters is 1. The molecule has 0 saturated heterocycles. The molecule has 0 fully saturated rings. The number of cyclic esters (lactones) is 1. The minimum atomic E-state index is -0.917. The van der Waals surface area contributed by atoms with Gasteiger partial charge in [0.1, 0.15) is 5.76 Å². The molecule has 0 amide bonds. The molecule has 104 valence electrons. The monoisotopic (exact) mass is 270 g/mol. The molecule has 0 bridgehead atoms. The number of carbonyl (C=O) groups is 1. The van der Waals surface area contributed by atoms with E-state index in [0.717, 1.165) is 11.1 Å². The summed E-state index contributed by atoms with van der Waals surface area (Å²) in [7, 11) is 0. The third-order valence-electron chi connectivity index (χ3n) is 2.77. The van der Waals surface area contributed by atoms with Crippen LogP contribution in [0.3, 0.4) is 0 Å². The van der Waals surface area contributed by atoms with Gasteiger partial charge in [0.05, 0.1) is 6.08 Å². The fourth-order valence-electron chi connectivity index (χ4n) is 1.84. The maximum atomic E-state index is 11.5. The van der Waals surface area contributed by atoms with Crippen LogP contribution in [0, 0.1) is 0 Å². The molecule has 0 N–H and O–H groups in total. The lowest BCUT2D eigenvalue weighted by Crippen LogP contribution is -2.34. The zero-order valence-electron chi connectivity index (χ0n) is 11.9. The van der Waals surface area contributed by atoms with E-state index < -0.39 is 5.79 Å². The molecule has 0 atom stereocenters. The number of benzene rings is 1. The number of rotatable bonds is 3. The van der Waals surface area contributed by atoms with Crippen molar-refractivity contribution in [2.24, 2.45) is 0 Å². The van der Waals surface area contributed by atoms with Crippen LogP contribution >= 0.6 is 0 Å². The number of carbonyl (C=O) groups excluding carboxylic acids is 1. The van der Waals surface area contributed by atoms with Crippen molar-refractivity contribution in [1.82, 2.24) is 0 Å². The molecule has 0 aliphatic carbocycles. The highest BCUT2D eigenvalue weighted by atomic mass is 16.7. The van der Waals surface area contributed by atoms with E-state index in [-0.39, 0.29) is 5.97 Å². The average molecular weight is 270 g/mol. The van der Waals surface area contributed by atoms with Gasteiger partial charge < -0.3 is 9.47 Å². The second-order valence-electron chi connectivity index (χ2n) is 5.05. The van der Waals surface area contributed by atoms with Crippen LogP contribution in [-0.2, 0) is 14.3 Å². The predicted octanol–water partition coefficient (Wildman–Crippen LogP) is 3.84. The Kier molecular flexibility index (Phi) is 4.08. The van der Waals surface area contributed by atoms with Crippen LogP contribution in [0.25, 0.3) is 6.08 Å².